The minimum atomic E-state index is -0.596. The maximum Gasteiger partial charge on any atom is 0.312 e. The maximum atomic E-state index is 12.0. The zero-order valence-corrected chi connectivity index (χ0v) is 14.1. The van der Waals surface area contributed by atoms with E-state index in [-0.39, 0.29) is 40.7 Å². The Balaban J connectivity index is 2.07. The van der Waals surface area contributed by atoms with Crippen LogP contribution in [-0.4, -0.2) is 25.5 Å². The van der Waals surface area contributed by atoms with Gasteiger partial charge in [-0.05, 0) is 19.9 Å². The molecular weight excluding hydrogens is 354 g/mol. The molecule has 2 aromatic rings. The van der Waals surface area contributed by atoms with Crippen molar-refractivity contribution < 1.29 is 14.6 Å². The SMILES string of the molecule is Cc1nn(CCC(=O)Nc2cc([N+](=O)[O-])ccc2Cl)c(C)c1[N+](=O)[O-]. The maximum absolute atomic E-state index is 12.0. The highest BCUT2D eigenvalue weighted by Gasteiger charge is 2.22. The number of nitrogens with one attached hydrogen (secondary N) is 1. The molecule has 1 aromatic heterocycles. The molecule has 0 atom stereocenters. The van der Waals surface area contributed by atoms with E-state index in [9.17, 15) is 25.0 Å². The first-order valence-corrected chi connectivity index (χ1v) is 7.50. The lowest BCUT2D eigenvalue weighted by Crippen LogP contribution is -2.16. The normalized spacial score (nSPS) is 10.5. The Morgan fingerprint density at radius 3 is 2.52 bits per heavy atom. The molecule has 0 saturated carbocycles. The van der Waals surface area contributed by atoms with Gasteiger partial charge in [-0.1, -0.05) is 11.6 Å². The molecule has 0 radical (unpaired) electrons. The summed E-state index contributed by atoms with van der Waals surface area (Å²) in [6.45, 7) is 3.19. The van der Waals surface area contributed by atoms with Crippen LogP contribution in [0.2, 0.25) is 5.02 Å². The van der Waals surface area contributed by atoms with Crippen LogP contribution in [0.25, 0.3) is 0 Å². The van der Waals surface area contributed by atoms with E-state index < -0.39 is 15.8 Å². The van der Waals surface area contributed by atoms with Gasteiger partial charge in [0, 0.05) is 18.6 Å². The molecule has 0 fully saturated rings. The second-order valence-corrected chi connectivity index (χ2v) is 5.63. The van der Waals surface area contributed by atoms with E-state index in [4.69, 9.17) is 11.6 Å². The van der Waals surface area contributed by atoms with E-state index in [1.54, 1.807) is 6.92 Å². The van der Waals surface area contributed by atoms with E-state index in [2.05, 4.69) is 10.4 Å². The van der Waals surface area contributed by atoms with Crippen molar-refractivity contribution in [3.8, 4) is 0 Å². The number of nitro benzene ring substituents is 1. The molecule has 25 heavy (non-hydrogen) atoms. The fraction of sp³-hybridized carbons (Fsp3) is 0.286. The molecule has 0 spiro atoms. The summed E-state index contributed by atoms with van der Waals surface area (Å²) in [5, 5.41) is 28.4. The van der Waals surface area contributed by atoms with Gasteiger partial charge in [0.15, 0.2) is 0 Å². The molecule has 0 aliphatic rings. The van der Waals surface area contributed by atoms with E-state index in [0.29, 0.717) is 5.69 Å². The number of rotatable bonds is 6. The van der Waals surface area contributed by atoms with Crippen LogP contribution < -0.4 is 5.32 Å². The van der Waals surface area contributed by atoms with E-state index in [1.165, 1.54) is 23.7 Å². The zero-order chi connectivity index (χ0) is 18.7. The van der Waals surface area contributed by atoms with Crippen molar-refractivity contribution in [2.45, 2.75) is 26.8 Å². The van der Waals surface area contributed by atoms with Gasteiger partial charge < -0.3 is 5.32 Å². The van der Waals surface area contributed by atoms with Crippen molar-refractivity contribution in [1.82, 2.24) is 9.78 Å². The molecule has 1 aromatic carbocycles. The largest absolute Gasteiger partial charge is 0.325 e. The van der Waals surface area contributed by atoms with Crippen LogP contribution in [0.4, 0.5) is 17.1 Å². The van der Waals surface area contributed by atoms with Crippen LogP contribution in [0, 0.1) is 34.1 Å². The number of halogens is 1. The Morgan fingerprint density at radius 1 is 1.28 bits per heavy atom. The van der Waals surface area contributed by atoms with Crippen LogP contribution in [-0.2, 0) is 11.3 Å². The van der Waals surface area contributed by atoms with Crippen LogP contribution in [0.3, 0.4) is 0 Å². The molecule has 0 bridgehead atoms. The second-order valence-electron chi connectivity index (χ2n) is 5.22. The number of carbonyl (C=O) groups excluding carboxylic acids is 1. The van der Waals surface area contributed by atoms with Crippen molar-refractivity contribution in [2.75, 3.05) is 5.32 Å². The number of non-ortho nitro benzene ring substituents is 1. The van der Waals surface area contributed by atoms with Gasteiger partial charge in [0.25, 0.3) is 5.69 Å². The van der Waals surface area contributed by atoms with Gasteiger partial charge in [0.2, 0.25) is 5.91 Å². The number of benzene rings is 1. The number of anilines is 1. The summed E-state index contributed by atoms with van der Waals surface area (Å²) in [4.78, 5) is 32.7. The minimum absolute atomic E-state index is 0.0296. The molecule has 0 unspecified atom stereocenters. The fourth-order valence-corrected chi connectivity index (χ4v) is 2.48. The van der Waals surface area contributed by atoms with Crippen molar-refractivity contribution >= 4 is 34.6 Å². The Morgan fingerprint density at radius 2 is 1.96 bits per heavy atom. The highest BCUT2D eigenvalue weighted by atomic mass is 35.5. The van der Waals surface area contributed by atoms with E-state index in [0.717, 1.165) is 6.07 Å². The van der Waals surface area contributed by atoms with Gasteiger partial charge in [0.05, 0.1) is 27.1 Å². The van der Waals surface area contributed by atoms with Crippen LogP contribution >= 0.6 is 11.6 Å². The molecule has 0 saturated heterocycles. The Kier molecular flexibility index (Phi) is 5.32. The lowest BCUT2D eigenvalue weighted by Gasteiger charge is -2.08. The van der Waals surface area contributed by atoms with Gasteiger partial charge in [-0.15, -0.1) is 0 Å². The summed E-state index contributed by atoms with van der Waals surface area (Å²) < 4.78 is 1.38. The molecule has 132 valence electrons. The number of nitro groups is 2. The lowest BCUT2D eigenvalue weighted by molar-refractivity contribution is -0.386. The quantitative estimate of drug-likeness (QED) is 0.616. The van der Waals surface area contributed by atoms with Crippen molar-refractivity contribution in [3.05, 3.63) is 54.8 Å². The fourth-order valence-electron chi connectivity index (χ4n) is 2.31. The first kappa shape index (κ1) is 18.3. The number of aryl methyl sites for hydroxylation is 2. The third kappa shape index (κ3) is 4.10. The molecule has 11 heteroatoms. The molecule has 1 N–H and O–H groups in total. The minimum Gasteiger partial charge on any atom is -0.325 e. The van der Waals surface area contributed by atoms with Crippen LogP contribution in [0.1, 0.15) is 17.8 Å². The Hall–Kier alpha value is -3.01. The van der Waals surface area contributed by atoms with Gasteiger partial charge in [-0.3, -0.25) is 29.7 Å². The molecule has 1 heterocycles. The zero-order valence-electron chi connectivity index (χ0n) is 13.4. The summed E-state index contributed by atoms with van der Waals surface area (Å²) in [7, 11) is 0. The molecular formula is C14H14ClN5O5. The molecule has 10 nitrogen and oxygen atoms in total. The first-order chi connectivity index (χ1) is 11.7. The molecule has 0 aliphatic carbocycles. The number of carbonyl (C=O) groups is 1. The number of aromatic nitrogens is 2. The first-order valence-electron chi connectivity index (χ1n) is 7.13. The topological polar surface area (TPSA) is 133 Å². The van der Waals surface area contributed by atoms with Gasteiger partial charge in [-0.2, -0.15) is 5.10 Å². The summed E-state index contributed by atoms with van der Waals surface area (Å²) in [6, 6.07) is 3.71. The number of hydrogen-bond acceptors (Lipinski definition) is 6. The number of amides is 1. The predicted octanol–water partition coefficient (Wildman–Crippen LogP) is 3.00. The molecule has 2 rings (SSSR count). The average molecular weight is 368 g/mol. The van der Waals surface area contributed by atoms with Crippen molar-refractivity contribution in [3.63, 3.8) is 0 Å². The van der Waals surface area contributed by atoms with Crippen molar-refractivity contribution in [1.29, 1.82) is 0 Å². The third-order valence-corrected chi connectivity index (χ3v) is 3.84. The van der Waals surface area contributed by atoms with E-state index >= 15 is 0 Å². The highest BCUT2D eigenvalue weighted by molar-refractivity contribution is 6.33. The Labute approximate surface area is 146 Å². The van der Waals surface area contributed by atoms with Gasteiger partial charge in [-0.25, -0.2) is 0 Å². The smallest absolute Gasteiger partial charge is 0.312 e. The highest BCUT2D eigenvalue weighted by Crippen LogP contribution is 2.27. The summed E-state index contributed by atoms with van der Waals surface area (Å²) in [6.07, 6.45) is -0.0296. The van der Waals surface area contributed by atoms with E-state index in [1.807, 2.05) is 0 Å². The Bertz CT molecular complexity index is 864. The lowest BCUT2D eigenvalue weighted by atomic mass is 10.2. The number of hydrogen-bond donors (Lipinski definition) is 1. The average Bonchev–Trinajstić information content (AvgIpc) is 2.81. The van der Waals surface area contributed by atoms with Gasteiger partial charge in [0.1, 0.15) is 11.4 Å². The number of nitrogens with zero attached hydrogens (tertiary/aromatic N) is 4. The predicted molar refractivity (Wildman–Crippen MR) is 89.7 cm³/mol. The van der Waals surface area contributed by atoms with Crippen molar-refractivity contribution in [2.24, 2.45) is 0 Å². The monoisotopic (exact) mass is 367 g/mol. The summed E-state index contributed by atoms with van der Waals surface area (Å²) in [5.74, 6) is -0.447. The standard InChI is InChI=1S/C14H14ClN5O5/c1-8-14(20(24)25)9(2)18(17-8)6-5-13(21)16-12-7-10(19(22)23)3-4-11(12)15/h3-4,7H,5-6H2,1-2H3,(H,16,21). The second kappa shape index (κ2) is 7.26. The summed E-state index contributed by atoms with van der Waals surface area (Å²) >= 11 is 5.92. The van der Waals surface area contributed by atoms with Crippen LogP contribution in [0.5, 0.6) is 0 Å². The summed E-state index contributed by atoms with van der Waals surface area (Å²) in [5.41, 5.74) is 0.463. The third-order valence-electron chi connectivity index (χ3n) is 3.51. The van der Waals surface area contributed by atoms with Gasteiger partial charge >= 0.3 is 5.69 Å². The molecule has 0 aliphatic heterocycles. The van der Waals surface area contributed by atoms with Crippen LogP contribution in [0.15, 0.2) is 18.2 Å². The molecule has 1 amide bonds.